The number of unbranched alkanes of at least 4 members (excludes halogenated alkanes) is 12. The van der Waals surface area contributed by atoms with Crippen LogP contribution in [0.4, 0.5) is 0 Å². The lowest BCUT2D eigenvalue weighted by atomic mass is 9.94. The van der Waals surface area contributed by atoms with Crippen molar-refractivity contribution >= 4 is 0 Å². The SMILES string of the molecule is CCCCCCCCCc1cc(CCCCCCCCC)c(O)c(CCN(CC(C)C)CC(C)C)c1. The Morgan fingerprint density at radius 2 is 1.00 bits per heavy atom. The van der Waals surface area contributed by atoms with Gasteiger partial charge < -0.3 is 10.0 Å². The number of benzene rings is 1. The van der Waals surface area contributed by atoms with Crippen LogP contribution in [0, 0.1) is 11.8 Å². The molecule has 1 aromatic rings. The van der Waals surface area contributed by atoms with E-state index in [1.807, 2.05) is 0 Å². The van der Waals surface area contributed by atoms with Gasteiger partial charge in [0.05, 0.1) is 0 Å². The van der Waals surface area contributed by atoms with Gasteiger partial charge in [0, 0.05) is 19.6 Å². The molecule has 0 spiro atoms. The van der Waals surface area contributed by atoms with Crippen molar-refractivity contribution < 1.29 is 5.11 Å². The lowest BCUT2D eigenvalue weighted by Gasteiger charge is -2.26. The predicted octanol–water partition coefficient (Wildman–Crippen LogP) is 10.1. The van der Waals surface area contributed by atoms with Crippen molar-refractivity contribution in [2.45, 2.75) is 151 Å². The molecule has 0 bridgehead atoms. The minimum Gasteiger partial charge on any atom is -0.507 e. The van der Waals surface area contributed by atoms with E-state index in [0.29, 0.717) is 17.6 Å². The minimum absolute atomic E-state index is 0.596. The van der Waals surface area contributed by atoms with Gasteiger partial charge in [-0.05, 0) is 60.6 Å². The molecule has 0 aromatic heterocycles. The maximum absolute atomic E-state index is 11.2. The summed E-state index contributed by atoms with van der Waals surface area (Å²) in [5, 5.41) is 11.2. The summed E-state index contributed by atoms with van der Waals surface area (Å²) in [4.78, 5) is 2.60. The Morgan fingerprint density at radius 3 is 1.47 bits per heavy atom. The zero-order valence-corrected chi connectivity index (χ0v) is 25.3. The van der Waals surface area contributed by atoms with E-state index in [1.54, 1.807) is 0 Å². The van der Waals surface area contributed by atoms with E-state index >= 15 is 0 Å². The van der Waals surface area contributed by atoms with Crippen LogP contribution in [0.3, 0.4) is 0 Å². The summed E-state index contributed by atoms with van der Waals surface area (Å²) in [6.07, 6.45) is 21.9. The largest absolute Gasteiger partial charge is 0.507 e. The molecule has 1 N–H and O–H groups in total. The third-order valence-electron chi connectivity index (χ3n) is 7.39. The number of phenolic OH excluding ortho intramolecular Hbond substituents is 1. The first-order valence-electron chi connectivity index (χ1n) is 15.9. The molecule has 210 valence electrons. The van der Waals surface area contributed by atoms with Gasteiger partial charge in [-0.15, -0.1) is 0 Å². The Labute approximate surface area is 226 Å². The molecule has 0 fully saturated rings. The number of nitrogens with zero attached hydrogens (tertiary/aromatic N) is 1. The molecule has 0 aliphatic rings. The fourth-order valence-corrected chi connectivity index (χ4v) is 5.48. The van der Waals surface area contributed by atoms with Gasteiger partial charge in [-0.3, -0.25) is 0 Å². The zero-order chi connectivity index (χ0) is 26.6. The maximum atomic E-state index is 11.2. The number of phenols is 1. The molecule has 0 radical (unpaired) electrons. The van der Waals surface area contributed by atoms with Gasteiger partial charge in [-0.25, -0.2) is 0 Å². The third kappa shape index (κ3) is 16.0. The van der Waals surface area contributed by atoms with E-state index in [1.165, 1.54) is 107 Å². The Kier molecular flexibility index (Phi) is 19.2. The summed E-state index contributed by atoms with van der Waals surface area (Å²) in [5.41, 5.74) is 3.85. The number of hydrogen-bond acceptors (Lipinski definition) is 2. The molecule has 0 aliphatic heterocycles. The molecule has 0 atom stereocenters. The highest BCUT2D eigenvalue weighted by molar-refractivity contribution is 5.44. The highest BCUT2D eigenvalue weighted by Gasteiger charge is 2.14. The molecular weight excluding hydrogens is 438 g/mol. The van der Waals surface area contributed by atoms with Gasteiger partial charge in [0.15, 0.2) is 0 Å². The van der Waals surface area contributed by atoms with Gasteiger partial charge in [0.2, 0.25) is 0 Å². The number of aryl methyl sites for hydroxylation is 2. The smallest absolute Gasteiger partial charge is 0.122 e. The summed E-state index contributed by atoms with van der Waals surface area (Å²) in [6.45, 7) is 17.1. The molecule has 1 rings (SSSR count). The van der Waals surface area contributed by atoms with Crippen LogP contribution in [0.2, 0.25) is 0 Å². The van der Waals surface area contributed by atoms with Crippen LogP contribution in [-0.4, -0.2) is 29.6 Å². The fraction of sp³-hybridized carbons (Fsp3) is 0.824. The normalized spacial score (nSPS) is 11.9. The average molecular weight is 502 g/mol. The van der Waals surface area contributed by atoms with Crippen LogP contribution in [0.1, 0.15) is 148 Å². The van der Waals surface area contributed by atoms with Crippen LogP contribution >= 0.6 is 0 Å². The van der Waals surface area contributed by atoms with E-state index in [0.717, 1.165) is 38.9 Å². The Hall–Kier alpha value is -1.02. The first kappa shape index (κ1) is 33.0. The standard InChI is InChI=1S/C34H63NO/c1-7-9-11-13-15-17-19-21-31-25-32(22-20-18-16-14-12-10-8-2)34(36)33(26-31)23-24-35(27-29(3)4)28-30(5)6/h25-26,29-30,36H,7-24,27-28H2,1-6H3. The molecule has 0 saturated heterocycles. The molecule has 2 heteroatoms. The lowest BCUT2D eigenvalue weighted by Crippen LogP contribution is -2.33. The quantitative estimate of drug-likeness (QED) is 0.151. The molecule has 1 aromatic carbocycles. The Balaban J connectivity index is 2.78. The van der Waals surface area contributed by atoms with Crippen molar-refractivity contribution in [2.24, 2.45) is 11.8 Å². The van der Waals surface area contributed by atoms with Gasteiger partial charge in [-0.2, -0.15) is 0 Å². The predicted molar refractivity (Wildman–Crippen MR) is 161 cm³/mol. The van der Waals surface area contributed by atoms with Crippen molar-refractivity contribution in [1.82, 2.24) is 4.90 Å². The van der Waals surface area contributed by atoms with Crippen LogP contribution in [0.25, 0.3) is 0 Å². The van der Waals surface area contributed by atoms with E-state index in [4.69, 9.17) is 0 Å². The van der Waals surface area contributed by atoms with E-state index in [2.05, 4.69) is 58.6 Å². The molecule has 0 unspecified atom stereocenters. The molecule has 0 amide bonds. The first-order valence-corrected chi connectivity index (χ1v) is 15.9. The van der Waals surface area contributed by atoms with Crippen molar-refractivity contribution in [1.29, 1.82) is 0 Å². The molecular formula is C34H63NO. The van der Waals surface area contributed by atoms with Gasteiger partial charge in [0.25, 0.3) is 0 Å². The zero-order valence-electron chi connectivity index (χ0n) is 25.3. The van der Waals surface area contributed by atoms with Gasteiger partial charge in [-0.1, -0.05) is 131 Å². The molecule has 0 saturated carbocycles. The molecule has 0 heterocycles. The maximum Gasteiger partial charge on any atom is 0.122 e. The lowest BCUT2D eigenvalue weighted by molar-refractivity contribution is 0.221. The van der Waals surface area contributed by atoms with Crippen LogP contribution in [0.15, 0.2) is 12.1 Å². The van der Waals surface area contributed by atoms with Crippen LogP contribution in [0.5, 0.6) is 5.75 Å². The second kappa shape index (κ2) is 21.0. The second-order valence-electron chi connectivity index (χ2n) is 12.3. The van der Waals surface area contributed by atoms with E-state index in [9.17, 15) is 5.11 Å². The number of rotatable bonds is 23. The summed E-state index contributed by atoms with van der Waals surface area (Å²) >= 11 is 0. The van der Waals surface area contributed by atoms with Gasteiger partial charge >= 0.3 is 0 Å². The average Bonchev–Trinajstić information content (AvgIpc) is 2.82. The van der Waals surface area contributed by atoms with Crippen LogP contribution in [-0.2, 0) is 19.3 Å². The highest BCUT2D eigenvalue weighted by atomic mass is 16.3. The van der Waals surface area contributed by atoms with E-state index < -0.39 is 0 Å². The van der Waals surface area contributed by atoms with Gasteiger partial charge in [0.1, 0.15) is 5.75 Å². The second-order valence-corrected chi connectivity index (χ2v) is 12.3. The fourth-order valence-electron chi connectivity index (χ4n) is 5.48. The van der Waals surface area contributed by atoms with Crippen molar-refractivity contribution in [3.63, 3.8) is 0 Å². The summed E-state index contributed by atoms with van der Waals surface area (Å²) < 4.78 is 0. The molecule has 2 nitrogen and oxygen atoms in total. The first-order chi connectivity index (χ1) is 17.4. The molecule has 0 aliphatic carbocycles. The van der Waals surface area contributed by atoms with Crippen molar-refractivity contribution in [3.8, 4) is 5.75 Å². The Bertz CT molecular complexity index is 641. The van der Waals surface area contributed by atoms with Crippen LogP contribution < -0.4 is 0 Å². The summed E-state index contributed by atoms with van der Waals surface area (Å²) in [6, 6.07) is 4.68. The van der Waals surface area contributed by atoms with Crippen molar-refractivity contribution in [3.05, 3.63) is 28.8 Å². The summed E-state index contributed by atoms with van der Waals surface area (Å²) in [5.74, 6) is 1.95. The van der Waals surface area contributed by atoms with Crippen molar-refractivity contribution in [2.75, 3.05) is 19.6 Å². The topological polar surface area (TPSA) is 23.5 Å². The molecule has 36 heavy (non-hydrogen) atoms. The number of aromatic hydroxyl groups is 1. The highest BCUT2D eigenvalue weighted by Crippen LogP contribution is 2.28. The Morgan fingerprint density at radius 1 is 0.583 bits per heavy atom. The number of hydrogen-bond donors (Lipinski definition) is 1. The van der Waals surface area contributed by atoms with E-state index in [-0.39, 0.29) is 0 Å². The monoisotopic (exact) mass is 501 g/mol. The summed E-state index contributed by atoms with van der Waals surface area (Å²) in [7, 11) is 0. The third-order valence-corrected chi connectivity index (χ3v) is 7.39. The minimum atomic E-state index is 0.596.